The van der Waals surface area contributed by atoms with Gasteiger partial charge in [0.1, 0.15) is 10.8 Å². The van der Waals surface area contributed by atoms with Crippen molar-refractivity contribution in [2.24, 2.45) is 5.92 Å². The van der Waals surface area contributed by atoms with Gasteiger partial charge in [0.2, 0.25) is 5.91 Å². The Kier molecular flexibility index (Phi) is 8.76. The standard InChI is InChI=1S/C22H24Cl2N2O4S2/c1-12-5-7-14-17(10-12)32-20(19(14)21(28)29-2)26-22(31)25-18(27)4-3-9-30-16-8-6-13(23)11-15(16)24/h6,8,11-12H,3-5,7,9-10H2,1-2H3,(H2,25,26,27,31). The van der Waals surface area contributed by atoms with Gasteiger partial charge in [-0.3, -0.25) is 4.79 Å². The summed E-state index contributed by atoms with van der Waals surface area (Å²) in [5, 5.41) is 7.37. The Labute approximate surface area is 206 Å². The van der Waals surface area contributed by atoms with Crippen molar-refractivity contribution in [3.8, 4) is 5.75 Å². The molecule has 0 radical (unpaired) electrons. The summed E-state index contributed by atoms with van der Waals surface area (Å²) < 4.78 is 10.6. The second kappa shape index (κ2) is 11.3. The SMILES string of the molecule is COC(=O)c1c(NC(=S)NC(=O)CCCOc2ccc(Cl)cc2Cl)sc2c1CCC(C)C2. The van der Waals surface area contributed by atoms with Crippen LogP contribution in [0.4, 0.5) is 5.00 Å². The summed E-state index contributed by atoms with van der Waals surface area (Å²) in [6.45, 7) is 2.51. The number of halogens is 2. The fourth-order valence-corrected chi connectivity index (χ4v) is 5.63. The number of carbonyl (C=O) groups excluding carboxylic acids is 2. The molecule has 1 unspecified atom stereocenters. The van der Waals surface area contributed by atoms with Crippen molar-refractivity contribution < 1.29 is 19.1 Å². The van der Waals surface area contributed by atoms with E-state index in [0.717, 1.165) is 24.8 Å². The molecule has 1 amide bonds. The fraction of sp³-hybridized carbons (Fsp3) is 0.409. The molecule has 0 fully saturated rings. The number of ether oxygens (including phenoxy) is 2. The number of hydrogen-bond donors (Lipinski definition) is 2. The van der Waals surface area contributed by atoms with Gasteiger partial charge in [0.25, 0.3) is 0 Å². The molecule has 2 N–H and O–H groups in total. The van der Waals surface area contributed by atoms with E-state index >= 15 is 0 Å². The van der Waals surface area contributed by atoms with Gasteiger partial charge in [-0.15, -0.1) is 11.3 Å². The minimum atomic E-state index is -0.397. The first-order valence-corrected chi connectivity index (χ1v) is 12.2. The number of carbonyl (C=O) groups is 2. The fourth-order valence-electron chi connectivity index (χ4n) is 3.49. The van der Waals surface area contributed by atoms with Crippen molar-refractivity contribution >= 4 is 68.7 Å². The van der Waals surface area contributed by atoms with Gasteiger partial charge in [-0.2, -0.15) is 0 Å². The number of hydrogen-bond acceptors (Lipinski definition) is 6. The van der Waals surface area contributed by atoms with E-state index in [1.165, 1.54) is 23.3 Å². The highest BCUT2D eigenvalue weighted by molar-refractivity contribution is 7.80. The van der Waals surface area contributed by atoms with Crippen molar-refractivity contribution in [1.29, 1.82) is 0 Å². The van der Waals surface area contributed by atoms with Crippen LogP contribution in [-0.4, -0.2) is 30.7 Å². The molecule has 2 aromatic rings. The number of anilines is 1. The second-order valence-corrected chi connectivity index (χ2v) is 9.93. The molecule has 1 aromatic carbocycles. The first kappa shape index (κ1) is 24.8. The third kappa shape index (κ3) is 6.34. The lowest BCUT2D eigenvalue weighted by Gasteiger charge is -2.18. The molecule has 0 saturated heterocycles. The van der Waals surface area contributed by atoms with Gasteiger partial charge in [0.15, 0.2) is 5.11 Å². The second-order valence-electron chi connectivity index (χ2n) is 7.58. The Bertz CT molecular complexity index is 1030. The van der Waals surface area contributed by atoms with Gasteiger partial charge in [-0.25, -0.2) is 4.79 Å². The Hall–Kier alpha value is -1.87. The zero-order valence-electron chi connectivity index (χ0n) is 17.8. The Morgan fingerprint density at radius 1 is 1.31 bits per heavy atom. The van der Waals surface area contributed by atoms with E-state index in [1.807, 2.05) is 0 Å². The van der Waals surface area contributed by atoms with Crippen molar-refractivity contribution in [1.82, 2.24) is 5.32 Å². The summed E-state index contributed by atoms with van der Waals surface area (Å²) >= 11 is 18.7. The van der Waals surface area contributed by atoms with Gasteiger partial charge >= 0.3 is 5.97 Å². The number of thiophene rings is 1. The van der Waals surface area contributed by atoms with E-state index in [2.05, 4.69) is 17.6 Å². The van der Waals surface area contributed by atoms with Gasteiger partial charge in [-0.05, 0) is 67.6 Å². The average Bonchev–Trinajstić information content (AvgIpc) is 3.08. The third-order valence-corrected chi connectivity index (χ3v) is 6.99. The molecule has 3 rings (SSSR count). The highest BCUT2D eigenvalue weighted by Crippen LogP contribution is 2.40. The molecular weight excluding hydrogens is 491 g/mol. The Morgan fingerprint density at radius 3 is 2.81 bits per heavy atom. The quantitative estimate of drug-likeness (QED) is 0.283. The van der Waals surface area contributed by atoms with Crippen LogP contribution in [0, 0.1) is 5.92 Å². The summed E-state index contributed by atoms with van der Waals surface area (Å²) in [4.78, 5) is 25.8. The van der Waals surface area contributed by atoms with Crippen molar-refractivity contribution in [2.75, 3.05) is 19.0 Å². The lowest BCUT2D eigenvalue weighted by molar-refractivity contribution is -0.119. The number of benzene rings is 1. The summed E-state index contributed by atoms with van der Waals surface area (Å²) in [6, 6.07) is 4.97. The van der Waals surface area contributed by atoms with Gasteiger partial charge < -0.3 is 20.1 Å². The van der Waals surface area contributed by atoms with Crippen LogP contribution in [0.1, 0.15) is 47.0 Å². The van der Waals surface area contributed by atoms with E-state index < -0.39 is 5.97 Å². The molecule has 0 aliphatic heterocycles. The maximum atomic E-state index is 12.4. The number of methoxy groups -OCH3 is 1. The van der Waals surface area contributed by atoms with Gasteiger partial charge in [0, 0.05) is 16.3 Å². The zero-order chi connectivity index (χ0) is 23.3. The van der Waals surface area contributed by atoms with Crippen LogP contribution in [0.25, 0.3) is 0 Å². The van der Waals surface area contributed by atoms with Crippen molar-refractivity contribution in [3.05, 3.63) is 44.2 Å². The molecule has 0 bridgehead atoms. The van der Waals surface area contributed by atoms with Crippen LogP contribution in [0.2, 0.25) is 10.0 Å². The number of esters is 1. The predicted octanol–water partition coefficient (Wildman–Crippen LogP) is 5.64. The number of nitrogens with one attached hydrogen (secondary N) is 2. The summed E-state index contributed by atoms with van der Waals surface area (Å²) in [5.74, 6) is 0.436. The van der Waals surface area contributed by atoms with Crippen LogP contribution in [0.15, 0.2) is 18.2 Å². The Balaban J connectivity index is 1.52. The highest BCUT2D eigenvalue weighted by Gasteiger charge is 2.28. The molecule has 1 aliphatic rings. The Morgan fingerprint density at radius 2 is 2.09 bits per heavy atom. The maximum absolute atomic E-state index is 12.4. The zero-order valence-corrected chi connectivity index (χ0v) is 20.9. The lowest BCUT2D eigenvalue weighted by Crippen LogP contribution is -2.34. The predicted molar refractivity (Wildman–Crippen MR) is 132 cm³/mol. The lowest BCUT2D eigenvalue weighted by atomic mass is 9.88. The first-order chi connectivity index (χ1) is 15.3. The number of thiocarbonyl (C=S) groups is 1. The summed E-state index contributed by atoms with van der Waals surface area (Å²) in [6.07, 6.45) is 3.47. The topological polar surface area (TPSA) is 76.7 Å². The first-order valence-electron chi connectivity index (χ1n) is 10.2. The van der Waals surface area contributed by atoms with Gasteiger partial charge in [0.05, 0.1) is 24.3 Å². The molecule has 10 heteroatoms. The normalized spacial score (nSPS) is 14.9. The maximum Gasteiger partial charge on any atom is 0.341 e. The average molecular weight is 515 g/mol. The highest BCUT2D eigenvalue weighted by atomic mass is 35.5. The largest absolute Gasteiger partial charge is 0.492 e. The smallest absolute Gasteiger partial charge is 0.341 e. The van der Waals surface area contributed by atoms with Crippen LogP contribution < -0.4 is 15.4 Å². The molecule has 0 spiro atoms. The molecular formula is C22H24Cl2N2O4S2. The number of rotatable bonds is 7. The van der Waals surface area contributed by atoms with E-state index in [1.54, 1.807) is 18.2 Å². The molecule has 32 heavy (non-hydrogen) atoms. The van der Waals surface area contributed by atoms with Crippen LogP contribution >= 0.6 is 46.8 Å². The van der Waals surface area contributed by atoms with E-state index in [9.17, 15) is 9.59 Å². The van der Waals surface area contributed by atoms with Crippen molar-refractivity contribution in [2.45, 2.75) is 39.0 Å². The minimum Gasteiger partial charge on any atom is -0.492 e. The van der Waals surface area contributed by atoms with Crippen LogP contribution in [0.3, 0.4) is 0 Å². The molecule has 0 saturated carbocycles. The molecule has 172 valence electrons. The monoisotopic (exact) mass is 514 g/mol. The third-order valence-electron chi connectivity index (χ3n) is 5.08. The van der Waals surface area contributed by atoms with E-state index in [-0.39, 0.29) is 17.4 Å². The van der Waals surface area contributed by atoms with E-state index in [0.29, 0.717) is 45.3 Å². The van der Waals surface area contributed by atoms with Crippen LogP contribution in [0.5, 0.6) is 5.75 Å². The number of fused-ring (bicyclic) bond motifs is 1. The molecule has 6 nitrogen and oxygen atoms in total. The number of amides is 1. The van der Waals surface area contributed by atoms with Crippen molar-refractivity contribution in [3.63, 3.8) is 0 Å². The summed E-state index contributed by atoms with van der Waals surface area (Å²) in [7, 11) is 1.36. The molecule has 1 atom stereocenters. The molecule has 1 aliphatic carbocycles. The van der Waals surface area contributed by atoms with Crippen LogP contribution in [-0.2, 0) is 22.4 Å². The summed E-state index contributed by atoms with van der Waals surface area (Å²) in [5.41, 5.74) is 1.54. The van der Waals surface area contributed by atoms with E-state index in [4.69, 9.17) is 44.9 Å². The molecule has 1 aromatic heterocycles. The minimum absolute atomic E-state index is 0.147. The molecule has 1 heterocycles. The van der Waals surface area contributed by atoms with Gasteiger partial charge in [-0.1, -0.05) is 30.1 Å².